The van der Waals surface area contributed by atoms with E-state index < -0.39 is 0 Å². The van der Waals surface area contributed by atoms with Gasteiger partial charge in [-0.25, -0.2) is 9.78 Å². The first kappa shape index (κ1) is 20.7. The van der Waals surface area contributed by atoms with Crippen LogP contribution in [0.1, 0.15) is 52.0 Å². The van der Waals surface area contributed by atoms with Crippen molar-refractivity contribution in [2.75, 3.05) is 6.61 Å². The monoisotopic (exact) mass is 447 g/mol. The lowest BCUT2D eigenvalue weighted by molar-refractivity contribution is 0.0526. The van der Waals surface area contributed by atoms with Crippen LogP contribution in [-0.4, -0.2) is 27.1 Å². The number of fused-ring (bicyclic) bond motifs is 3. The van der Waals surface area contributed by atoms with Crippen molar-refractivity contribution in [3.05, 3.63) is 68.1 Å². The molecule has 1 aliphatic rings. The number of rotatable bonds is 4. The number of esters is 1. The normalized spacial score (nSPS) is 13.3. The average molecular weight is 448 g/mol. The highest BCUT2D eigenvalue weighted by molar-refractivity contribution is 7.18. The maximum atomic E-state index is 13.0. The number of aromatic amines is 1. The summed E-state index contributed by atoms with van der Waals surface area (Å²) in [5.41, 5.74) is 5.52. The van der Waals surface area contributed by atoms with E-state index in [2.05, 4.69) is 9.55 Å². The molecule has 0 bridgehead atoms. The first-order valence-corrected chi connectivity index (χ1v) is 11.8. The molecule has 0 unspecified atom stereocenters. The second kappa shape index (κ2) is 8.06. The zero-order valence-electron chi connectivity index (χ0n) is 18.4. The lowest BCUT2D eigenvalue weighted by Gasteiger charge is -2.11. The van der Waals surface area contributed by atoms with E-state index in [0.717, 1.165) is 52.1 Å². The first-order chi connectivity index (χ1) is 15.5. The van der Waals surface area contributed by atoms with Gasteiger partial charge in [0.05, 0.1) is 17.6 Å². The molecule has 0 saturated carbocycles. The van der Waals surface area contributed by atoms with Gasteiger partial charge in [0.25, 0.3) is 5.56 Å². The molecule has 0 radical (unpaired) electrons. The molecular weight excluding hydrogens is 422 g/mol. The van der Waals surface area contributed by atoms with Crippen molar-refractivity contribution >= 4 is 27.5 Å². The minimum absolute atomic E-state index is 0.0482. The zero-order valence-corrected chi connectivity index (χ0v) is 19.3. The summed E-state index contributed by atoms with van der Waals surface area (Å²) in [6, 6.07) is 9.40. The van der Waals surface area contributed by atoms with Crippen molar-refractivity contribution in [3.63, 3.8) is 0 Å². The zero-order chi connectivity index (χ0) is 22.4. The van der Waals surface area contributed by atoms with Crippen LogP contribution in [0.4, 0.5) is 0 Å². The molecule has 0 aliphatic heterocycles. The minimum atomic E-state index is -0.325. The Morgan fingerprint density at radius 2 is 1.94 bits per heavy atom. The van der Waals surface area contributed by atoms with Crippen molar-refractivity contribution in [3.8, 4) is 17.1 Å². The Labute approximate surface area is 189 Å². The number of ether oxygens (including phenoxy) is 1. The molecule has 3 aromatic heterocycles. The van der Waals surface area contributed by atoms with Crippen LogP contribution in [0, 0.1) is 13.8 Å². The summed E-state index contributed by atoms with van der Waals surface area (Å²) in [5.74, 6) is 0.276. The van der Waals surface area contributed by atoms with Crippen LogP contribution in [0.3, 0.4) is 0 Å². The lowest BCUT2D eigenvalue weighted by atomic mass is 9.97. The molecule has 6 nitrogen and oxygen atoms in total. The number of thiophene rings is 1. The molecule has 0 amide bonds. The van der Waals surface area contributed by atoms with E-state index in [9.17, 15) is 9.59 Å². The lowest BCUT2D eigenvalue weighted by Crippen LogP contribution is -2.11. The quantitative estimate of drug-likeness (QED) is 0.441. The van der Waals surface area contributed by atoms with Crippen LogP contribution in [0.2, 0.25) is 0 Å². The fraction of sp³-hybridized carbons (Fsp3) is 0.320. The summed E-state index contributed by atoms with van der Waals surface area (Å²) in [5, 5.41) is 0.775. The number of carbonyl (C=O) groups is 1. The first-order valence-electron chi connectivity index (χ1n) is 11.0. The fourth-order valence-electron chi connectivity index (χ4n) is 4.65. The third-order valence-corrected chi connectivity index (χ3v) is 7.33. The highest BCUT2D eigenvalue weighted by Crippen LogP contribution is 2.35. The molecule has 3 heterocycles. The number of hydrogen-bond acceptors (Lipinski definition) is 5. The van der Waals surface area contributed by atoms with Gasteiger partial charge in [-0.15, -0.1) is 11.3 Å². The minimum Gasteiger partial charge on any atom is -0.462 e. The van der Waals surface area contributed by atoms with Crippen molar-refractivity contribution in [2.24, 2.45) is 0 Å². The summed E-state index contributed by atoms with van der Waals surface area (Å²) in [6.07, 6.45) is 4.33. The van der Waals surface area contributed by atoms with Gasteiger partial charge in [0.15, 0.2) is 0 Å². The summed E-state index contributed by atoms with van der Waals surface area (Å²) in [7, 11) is 0. The number of aromatic nitrogens is 3. The molecule has 32 heavy (non-hydrogen) atoms. The van der Waals surface area contributed by atoms with Gasteiger partial charge < -0.3 is 14.3 Å². The maximum absolute atomic E-state index is 13.0. The standard InChI is InChI=1S/C25H25N3O3S/c1-4-31-25(30)16-9-11-17(12-10-16)28-14(2)13-19(15(28)3)22-26-23(29)21-18-7-5-6-8-20(18)32-24(21)27-22/h9-13H,4-8H2,1-3H3,(H,26,27,29). The molecular formula is C25H25N3O3S. The summed E-state index contributed by atoms with van der Waals surface area (Å²) in [6.45, 7) is 6.19. The van der Waals surface area contributed by atoms with Gasteiger partial charge in [0, 0.05) is 27.5 Å². The predicted molar refractivity (Wildman–Crippen MR) is 127 cm³/mol. The van der Waals surface area contributed by atoms with Gasteiger partial charge in [-0.3, -0.25) is 4.79 Å². The molecule has 1 aromatic carbocycles. The number of hydrogen-bond donors (Lipinski definition) is 1. The van der Waals surface area contributed by atoms with Crippen LogP contribution in [0.15, 0.2) is 35.1 Å². The number of nitrogens with zero attached hydrogens (tertiary/aromatic N) is 2. The number of carbonyl (C=O) groups excluding carboxylic acids is 1. The Hall–Kier alpha value is -3.19. The average Bonchev–Trinajstić information content (AvgIpc) is 3.31. The molecule has 0 fully saturated rings. The van der Waals surface area contributed by atoms with Crippen LogP contribution in [-0.2, 0) is 17.6 Å². The molecule has 7 heteroatoms. The summed E-state index contributed by atoms with van der Waals surface area (Å²) in [4.78, 5) is 35.0. The van der Waals surface area contributed by atoms with E-state index in [0.29, 0.717) is 18.0 Å². The Bertz CT molecular complexity index is 1390. The van der Waals surface area contributed by atoms with Crippen molar-refractivity contribution < 1.29 is 9.53 Å². The third-order valence-electron chi connectivity index (χ3n) is 6.15. The molecule has 4 aromatic rings. The van der Waals surface area contributed by atoms with Gasteiger partial charge in [-0.2, -0.15) is 0 Å². The van der Waals surface area contributed by atoms with E-state index in [-0.39, 0.29) is 11.5 Å². The molecule has 1 aliphatic carbocycles. The smallest absolute Gasteiger partial charge is 0.338 e. The summed E-state index contributed by atoms with van der Waals surface area (Å²) < 4.78 is 7.18. The number of aryl methyl sites for hydroxylation is 3. The van der Waals surface area contributed by atoms with Gasteiger partial charge in [0.2, 0.25) is 0 Å². The number of H-pyrrole nitrogens is 1. The third kappa shape index (κ3) is 3.37. The molecule has 1 N–H and O–H groups in total. The second-order valence-electron chi connectivity index (χ2n) is 8.19. The molecule has 5 rings (SSSR count). The largest absolute Gasteiger partial charge is 0.462 e. The maximum Gasteiger partial charge on any atom is 0.338 e. The van der Waals surface area contributed by atoms with Crippen LogP contribution < -0.4 is 5.56 Å². The Morgan fingerprint density at radius 1 is 1.19 bits per heavy atom. The van der Waals surface area contributed by atoms with Gasteiger partial charge in [-0.05, 0) is 82.3 Å². The Balaban J connectivity index is 1.56. The van der Waals surface area contributed by atoms with E-state index >= 15 is 0 Å². The highest BCUT2D eigenvalue weighted by atomic mass is 32.1. The Morgan fingerprint density at radius 3 is 2.69 bits per heavy atom. The van der Waals surface area contributed by atoms with Crippen LogP contribution in [0.5, 0.6) is 0 Å². The van der Waals surface area contributed by atoms with Gasteiger partial charge in [0.1, 0.15) is 10.7 Å². The van der Waals surface area contributed by atoms with Crippen molar-refractivity contribution in [1.29, 1.82) is 0 Å². The fourth-order valence-corrected chi connectivity index (χ4v) is 5.91. The second-order valence-corrected chi connectivity index (χ2v) is 9.28. The molecule has 164 valence electrons. The predicted octanol–water partition coefficient (Wildman–Crippen LogP) is 5.11. The molecule has 0 saturated heterocycles. The van der Waals surface area contributed by atoms with Crippen molar-refractivity contribution in [1.82, 2.24) is 14.5 Å². The van der Waals surface area contributed by atoms with E-state index in [1.165, 1.54) is 16.9 Å². The Kier molecular flexibility index (Phi) is 5.21. The van der Waals surface area contributed by atoms with Crippen LogP contribution in [0.25, 0.3) is 27.3 Å². The van der Waals surface area contributed by atoms with E-state index in [4.69, 9.17) is 9.72 Å². The SMILES string of the molecule is CCOC(=O)c1ccc(-n2c(C)cc(-c3nc4sc5c(c4c(=O)[nH]3)CCCC5)c2C)cc1. The number of benzene rings is 1. The highest BCUT2D eigenvalue weighted by Gasteiger charge is 2.21. The topological polar surface area (TPSA) is 77.0 Å². The van der Waals surface area contributed by atoms with Gasteiger partial charge >= 0.3 is 5.97 Å². The summed E-state index contributed by atoms with van der Waals surface area (Å²) >= 11 is 1.66. The van der Waals surface area contributed by atoms with Gasteiger partial charge in [-0.1, -0.05) is 0 Å². The number of nitrogens with one attached hydrogen (secondary N) is 1. The molecule has 0 spiro atoms. The van der Waals surface area contributed by atoms with Crippen LogP contribution >= 0.6 is 11.3 Å². The van der Waals surface area contributed by atoms with E-state index in [1.807, 2.05) is 32.0 Å². The van der Waals surface area contributed by atoms with Crippen molar-refractivity contribution in [2.45, 2.75) is 46.5 Å². The molecule has 0 atom stereocenters. The van der Waals surface area contributed by atoms with E-state index in [1.54, 1.807) is 30.4 Å².